The molecule has 0 saturated heterocycles. The molecule has 3 nitrogen and oxygen atoms in total. The Labute approximate surface area is 193 Å². The fourth-order valence-electron chi connectivity index (χ4n) is 7.09. The quantitative estimate of drug-likeness (QED) is 0.479. The van der Waals surface area contributed by atoms with Gasteiger partial charge in [0.25, 0.3) is 0 Å². The van der Waals surface area contributed by atoms with Gasteiger partial charge in [0.15, 0.2) is 11.5 Å². The summed E-state index contributed by atoms with van der Waals surface area (Å²) in [4.78, 5) is 0. The van der Waals surface area contributed by atoms with Crippen LogP contribution in [0.4, 0.5) is 0 Å². The van der Waals surface area contributed by atoms with Crippen molar-refractivity contribution in [2.75, 3.05) is 6.61 Å². The van der Waals surface area contributed by atoms with Crippen LogP contribution in [0.2, 0.25) is 0 Å². The zero-order chi connectivity index (χ0) is 22.1. The summed E-state index contributed by atoms with van der Waals surface area (Å²) in [5, 5.41) is 3.91. The lowest BCUT2D eigenvalue weighted by molar-refractivity contribution is -0.0706. The van der Waals surface area contributed by atoms with Crippen LogP contribution in [0.3, 0.4) is 0 Å². The summed E-state index contributed by atoms with van der Waals surface area (Å²) < 4.78 is 12.1. The topological polar surface area (TPSA) is 30.5 Å². The third-order valence-electron chi connectivity index (χ3n) is 8.44. The lowest BCUT2D eigenvalue weighted by atomic mass is 9.48. The number of ether oxygens (including phenoxy) is 2. The van der Waals surface area contributed by atoms with Crippen molar-refractivity contribution in [2.45, 2.75) is 78.5 Å². The summed E-state index contributed by atoms with van der Waals surface area (Å²) in [6.45, 7) is 8.66. The zero-order valence-electron chi connectivity index (χ0n) is 20.0. The van der Waals surface area contributed by atoms with E-state index >= 15 is 0 Å². The van der Waals surface area contributed by atoms with Crippen molar-refractivity contribution in [3.63, 3.8) is 0 Å². The van der Waals surface area contributed by atoms with Crippen molar-refractivity contribution in [1.82, 2.24) is 5.32 Å². The Balaban J connectivity index is 1.22. The van der Waals surface area contributed by atoms with Gasteiger partial charge in [-0.1, -0.05) is 35.9 Å². The lowest BCUT2D eigenvalue weighted by Gasteiger charge is -2.59. The number of rotatable bonds is 9. The van der Waals surface area contributed by atoms with Crippen molar-refractivity contribution in [3.05, 3.63) is 59.2 Å². The van der Waals surface area contributed by atoms with Crippen molar-refractivity contribution in [3.8, 4) is 11.5 Å². The molecule has 0 radical (unpaired) electrons. The molecule has 1 atom stereocenters. The van der Waals surface area contributed by atoms with Crippen LogP contribution in [0, 0.1) is 30.1 Å². The average molecular weight is 434 g/mol. The van der Waals surface area contributed by atoms with E-state index in [1.165, 1.54) is 55.2 Å². The van der Waals surface area contributed by atoms with E-state index in [-0.39, 0.29) is 0 Å². The number of nitrogens with one attached hydrogen (secondary N) is 1. The van der Waals surface area contributed by atoms with Crippen molar-refractivity contribution >= 4 is 0 Å². The summed E-state index contributed by atoms with van der Waals surface area (Å²) in [6.07, 6.45) is 8.87. The molecule has 0 heterocycles. The summed E-state index contributed by atoms with van der Waals surface area (Å²) in [7, 11) is 0. The fourth-order valence-corrected chi connectivity index (χ4v) is 7.09. The smallest absolute Gasteiger partial charge is 0.161 e. The van der Waals surface area contributed by atoms with Crippen LogP contribution < -0.4 is 14.8 Å². The van der Waals surface area contributed by atoms with E-state index < -0.39 is 0 Å². The zero-order valence-corrected chi connectivity index (χ0v) is 20.0. The molecule has 4 aliphatic rings. The van der Waals surface area contributed by atoms with Crippen LogP contribution in [0.1, 0.15) is 69.1 Å². The lowest BCUT2D eigenvalue weighted by Crippen LogP contribution is -2.54. The Morgan fingerprint density at radius 2 is 1.50 bits per heavy atom. The van der Waals surface area contributed by atoms with E-state index in [2.05, 4.69) is 61.6 Å². The highest BCUT2D eigenvalue weighted by molar-refractivity contribution is 5.43. The van der Waals surface area contributed by atoms with Crippen LogP contribution in [0.25, 0.3) is 0 Å². The standard InChI is InChI=1S/C29H39NO2/c1-4-31-28-14-23(9-10-27(28)32-19-22-7-5-20(2)6-8-22)18-30-21(3)29-15-24-11-25(16-29)13-26(12-24)17-29/h5-10,14,21,24-26,30H,4,11-13,15-19H2,1-3H3. The van der Waals surface area contributed by atoms with Gasteiger partial charge in [0.05, 0.1) is 6.61 Å². The highest BCUT2D eigenvalue weighted by Gasteiger charge is 2.52. The normalized spacial score (nSPS) is 29.2. The molecule has 172 valence electrons. The first-order valence-corrected chi connectivity index (χ1v) is 12.7. The average Bonchev–Trinajstić information content (AvgIpc) is 2.77. The summed E-state index contributed by atoms with van der Waals surface area (Å²) in [5.41, 5.74) is 4.25. The van der Waals surface area contributed by atoms with Gasteiger partial charge in [-0.25, -0.2) is 0 Å². The highest BCUT2D eigenvalue weighted by atomic mass is 16.5. The van der Waals surface area contributed by atoms with Crippen molar-refractivity contribution in [1.29, 1.82) is 0 Å². The van der Waals surface area contributed by atoms with Crippen LogP contribution in [0.15, 0.2) is 42.5 Å². The first-order chi connectivity index (χ1) is 15.5. The third-order valence-corrected chi connectivity index (χ3v) is 8.44. The maximum atomic E-state index is 6.12. The molecule has 3 heteroatoms. The SMILES string of the molecule is CCOc1cc(CNC(C)C23CC4CC(CC(C4)C2)C3)ccc1OCc1ccc(C)cc1. The Morgan fingerprint density at radius 1 is 0.875 bits per heavy atom. The van der Waals surface area contributed by atoms with E-state index in [9.17, 15) is 0 Å². The molecule has 0 spiro atoms. The van der Waals surface area contributed by atoms with Gasteiger partial charge >= 0.3 is 0 Å². The van der Waals surface area contributed by atoms with Crippen molar-refractivity contribution in [2.24, 2.45) is 23.2 Å². The second-order valence-electron chi connectivity index (χ2n) is 10.9. The molecule has 2 aromatic carbocycles. The van der Waals surface area contributed by atoms with Crippen LogP contribution in [-0.4, -0.2) is 12.6 Å². The third kappa shape index (κ3) is 4.55. The number of benzene rings is 2. The monoisotopic (exact) mass is 433 g/mol. The molecular weight excluding hydrogens is 394 g/mol. The van der Waals surface area contributed by atoms with Gasteiger partial charge in [0.1, 0.15) is 6.61 Å². The predicted molar refractivity (Wildman–Crippen MR) is 130 cm³/mol. The molecular formula is C29H39NO2. The molecule has 4 saturated carbocycles. The highest BCUT2D eigenvalue weighted by Crippen LogP contribution is 2.61. The Bertz CT molecular complexity index is 884. The number of hydrogen-bond acceptors (Lipinski definition) is 3. The second-order valence-corrected chi connectivity index (χ2v) is 10.9. The maximum Gasteiger partial charge on any atom is 0.161 e. The minimum absolute atomic E-state index is 0.536. The first kappa shape index (κ1) is 21.8. The van der Waals surface area contributed by atoms with Gasteiger partial charge in [0, 0.05) is 12.6 Å². The maximum absolute atomic E-state index is 6.12. The molecule has 0 aromatic heterocycles. The van der Waals surface area contributed by atoms with E-state index in [1.54, 1.807) is 0 Å². The van der Waals surface area contributed by atoms with Gasteiger partial charge in [-0.3, -0.25) is 0 Å². The Hall–Kier alpha value is -2.00. The summed E-state index contributed by atoms with van der Waals surface area (Å²) in [5.74, 6) is 4.67. The molecule has 4 bridgehead atoms. The predicted octanol–water partition coefficient (Wildman–Crippen LogP) is 6.67. The number of hydrogen-bond donors (Lipinski definition) is 1. The number of aryl methyl sites for hydroxylation is 1. The molecule has 0 amide bonds. The van der Waals surface area contributed by atoms with Crippen LogP contribution in [0.5, 0.6) is 11.5 Å². The summed E-state index contributed by atoms with van der Waals surface area (Å²) in [6, 6.07) is 15.5. The molecule has 32 heavy (non-hydrogen) atoms. The van der Waals surface area contributed by atoms with Gasteiger partial charge in [0.2, 0.25) is 0 Å². The Morgan fingerprint density at radius 3 is 2.12 bits per heavy atom. The van der Waals surface area contributed by atoms with Gasteiger partial charge in [-0.15, -0.1) is 0 Å². The molecule has 1 N–H and O–H groups in total. The van der Waals surface area contributed by atoms with Crippen molar-refractivity contribution < 1.29 is 9.47 Å². The fraction of sp³-hybridized carbons (Fsp3) is 0.586. The van der Waals surface area contributed by atoms with Gasteiger partial charge in [-0.05, 0) is 106 Å². The van der Waals surface area contributed by atoms with E-state index in [0.717, 1.165) is 35.8 Å². The van der Waals surface area contributed by atoms with E-state index in [4.69, 9.17) is 9.47 Å². The minimum Gasteiger partial charge on any atom is -0.490 e. The first-order valence-electron chi connectivity index (χ1n) is 12.7. The molecule has 4 fully saturated rings. The van der Waals surface area contributed by atoms with E-state index in [1.807, 2.05) is 6.92 Å². The van der Waals surface area contributed by atoms with Crippen LogP contribution in [-0.2, 0) is 13.2 Å². The van der Waals surface area contributed by atoms with E-state index in [0.29, 0.717) is 24.7 Å². The molecule has 0 aliphatic heterocycles. The molecule has 4 aliphatic carbocycles. The molecule has 1 unspecified atom stereocenters. The van der Waals surface area contributed by atoms with Crippen LogP contribution >= 0.6 is 0 Å². The largest absolute Gasteiger partial charge is 0.490 e. The minimum atomic E-state index is 0.536. The summed E-state index contributed by atoms with van der Waals surface area (Å²) >= 11 is 0. The Kier molecular flexibility index (Phi) is 6.20. The molecule has 2 aromatic rings. The second kappa shape index (κ2) is 9.09. The van der Waals surface area contributed by atoms with Gasteiger partial charge < -0.3 is 14.8 Å². The molecule has 6 rings (SSSR count). The van der Waals surface area contributed by atoms with Gasteiger partial charge in [-0.2, -0.15) is 0 Å².